The Morgan fingerprint density at radius 1 is 1.29 bits per heavy atom. The topological polar surface area (TPSA) is 39.5 Å². The Morgan fingerprint density at radius 2 is 2.05 bits per heavy atom. The van der Waals surface area contributed by atoms with Gasteiger partial charge in [-0.15, -0.1) is 0 Å². The molecule has 2 saturated heterocycles. The predicted molar refractivity (Wildman–Crippen MR) is 83.0 cm³/mol. The van der Waals surface area contributed by atoms with Crippen molar-refractivity contribution in [1.82, 2.24) is 9.80 Å². The van der Waals surface area contributed by atoms with Crippen LogP contribution in [0.4, 0.5) is 0 Å². The highest BCUT2D eigenvalue weighted by molar-refractivity contribution is 4.98. The molecule has 2 aliphatic heterocycles. The maximum absolute atomic E-state index is 9.31. The number of piperazine rings is 1. The zero-order chi connectivity index (χ0) is 14.7. The molecule has 3 fully saturated rings. The summed E-state index contributed by atoms with van der Waals surface area (Å²) >= 11 is 0. The Balaban J connectivity index is 1.50. The largest absolute Gasteiger partial charge is 0.375 e. The van der Waals surface area contributed by atoms with Crippen molar-refractivity contribution in [3.63, 3.8) is 0 Å². The quantitative estimate of drug-likeness (QED) is 0.797. The average molecular weight is 291 g/mol. The van der Waals surface area contributed by atoms with E-state index < -0.39 is 0 Å². The first-order valence-electron chi connectivity index (χ1n) is 8.78. The molecule has 0 aromatic rings. The van der Waals surface area contributed by atoms with Gasteiger partial charge in [0.25, 0.3) is 0 Å². The van der Waals surface area contributed by atoms with Gasteiger partial charge in [-0.25, -0.2) is 0 Å². The van der Waals surface area contributed by atoms with Crippen LogP contribution in [0, 0.1) is 11.3 Å². The van der Waals surface area contributed by atoms with Gasteiger partial charge in [-0.05, 0) is 38.5 Å². The summed E-state index contributed by atoms with van der Waals surface area (Å²) in [6.07, 6.45) is 8.44. The molecule has 3 aliphatic rings. The summed E-state index contributed by atoms with van der Waals surface area (Å²) < 4.78 is 6.05. The van der Waals surface area contributed by atoms with E-state index in [2.05, 4.69) is 22.8 Å². The summed E-state index contributed by atoms with van der Waals surface area (Å²) in [5.74, 6) is 0. The van der Waals surface area contributed by atoms with E-state index in [0.29, 0.717) is 6.04 Å². The minimum absolute atomic E-state index is 0.129. The number of hydrogen-bond acceptors (Lipinski definition) is 4. The normalized spacial score (nSPS) is 31.5. The summed E-state index contributed by atoms with van der Waals surface area (Å²) in [5.41, 5.74) is 0.247. The lowest BCUT2D eigenvalue weighted by atomic mass is 9.73. The SMILES string of the molecule is CCCC(C#N)N1CCN(C2CCOC3(CCC3)C2)CC1. The minimum Gasteiger partial charge on any atom is -0.375 e. The lowest BCUT2D eigenvalue weighted by Gasteiger charge is -2.51. The molecule has 2 atom stereocenters. The van der Waals surface area contributed by atoms with Crippen LogP contribution in [-0.4, -0.2) is 60.3 Å². The fourth-order valence-electron chi connectivity index (χ4n) is 4.25. The zero-order valence-corrected chi connectivity index (χ0v) is 13.4. The number of nitriles is 1. The van der Waals surface area contributed by atoms with Crippen LogP contribution in [0.15, 0.2) is 0 Å². The molecule has 1 spiro atoms. The molecule has 0 N–H and O–H groups in total. The fraction of sp³-hybridized carbons (Fsp3) is 0.941. The second-order valence-corrected chi connectivity index (χ2v) is 7.04. The third-order valence-electron chi connectivity index (χ3n) is 5.75. The van der Waals surface area contributed by atoms with Crippen molar-refractivity contribution in [1.29, 1.82) is 5.26 Å². The van der Waals surface area contributed by atoms with Crippen molar-refractivity contribution in [2.45, 2.75) is 69.6 Å². The Kier molecular flexibility index (Phi) is 4.83. The Hall–Kier alpha value is -0.630. The molecular formula is C17H29N3O. The van der Waals surface area contributed by atoms with E-state index >= 15 is 0 Å². The smallest absolute Gasteiger partial charge is 0.0978 e. The number of ether oxygens (including phenoxy) is 1. The van der Waals surface area contributed by atoms with Crippen LogP contribution in [0.3, 0.4) is 0 Å². The van der Waals surface area contributed by atoms with Gasteiger partial charge in [-0.2, -0.15) is 5.26 Å². The van der Waals surface area contributed by atoms with Gasteiger partial charge in [0.15, 0.2) is 0 Å². The molecule has 3 rings (SSSR count). The van der Waals surface area contributed by atoms with Gasteiger partial charge < -0.3 is 4.74 Å². The Bertz CT molecular complexity index is 380. The molecule has 4 nitrogen and oxygen atoms in total. The van der Waals surface area contributed by atoms with Crippen molar-refractivity contribution >= 4 is 0 Å². The van der Waals surface area contributed by atoms with Crippen molar-refractivity contribution in [2.75, 3.05) is 32.8 Å². The highest BCUT2D eigenvalue weighted by Crippen LogP contribution is 2.43. The summed E-state index contributed by atoms with van der Waals surface area (Å²) in [6, 6.07) is 3.33. The van der Waals surface area contributed by atoms with E-state index in [9.17, 15) is 5.26 Å². The van der Waals surface area contributed by atoms with Crippen LogP contribution in [-0.2, 0) is 4.74 Å². The first-order chi connectivity index (χ1) is 10.3. The van der Waals surface area contributed by atoms with Gasteiger partial charge in [0.1, 0.15) is 0 Å². The molecule has 2 unspecified atom stereocenters. The molecule has 0 aromatic carbocycles. The molecule has 21 heavy (non-hydrogen) atoms. The molecule has 0 bridgehead atoms. The summed E-state index contributed by atoms with van der Waals surface area (Å²) in [7, 11) is 0. The molecule has 0 amide bonds. The first-order valence-corrected chi connectivity index (χ1v) is 8.78. The van der Waals surface area contributed by atoms with Gasteiger partial charge in [0.2, 0.25) is 0 Å². The molecule has 0 aromatic heterocycles. The lowest BCUT2D eigenvalue weighted by Crippen LogP contribution is -2.57. The van der Waals surface area contributed by atoms with E-state index in [4.69, 9.17) is 4.74 Å². The van der Waals surface area contributed by atoms with Crippen molar-refractivity contribution in [3.8, 4) is 6.07 Å². The van der Waals surface area contributed by atoms with Crippen molar-refractivity contribution in [3.05, 3.63) is 0 Å². The van der Waals surface area contributed by atoms with E-state index in [0.717, 1.165) is 45.6 Å². The second-order valence-electron chi connectivity index (χ2n) is 7.04. The fourth-order valence-corrected chi connectivity index (χ4v) is 4.25. The highest BCUT2D eigenvalue weighted by atomic mass is 16.5. The minimum atomic E-state index is 0.129. The third-order valence-corrected chi connectivity index (χ3v) is 5.75. The van der Waals surface area contributed by atoms with E-state index in [-0.39, 0.29) is 11.6 Å². The highest BCUT2D eigenvalue weighted by Gasteiger charge is 2.44. The predicted octanol–water partition coefficient (Wildman–Crippen LogP) is 2.40. The zero-order valence-electron chi connectivity index (χ0n) is 13.4. The molecular weight excluding hydrogens is 262 g/mol. The third kappa shape index (κ3) is 3.26. The van der Waals surface area contributed by atoms with Gasteiger partial charge >= 0.3 is 0 Å². The van der Waals surface area contributed by atoms with Gasteiger partial charge in [0, 0.05) is 38.8 Å². The van der Waals surface area contributed by atoms with Crippen LogP contribution in [0.2, 0.25) is 0 Å². The molecule has 2 heterocycles. The van der Waals surface area contributed by atoms with Gasteiger partial charge in [-0.3, -0.25) is 9.80 Å². The van der Waals surface area contributed by atoms with Crippen LogP contribution < -0.4 is 0 Å². The summed E-state index contributed by atoms with van der Waals surface area (Å²) in [4.78, 5) is 5.05. The first kappa shape index (κ1) is 15.3. The van der Waals surface area contributed by atoms with E-state index in [1.165, 1.54) is 32.1 Å². The van der Waals surface area contributed by atoms with E-state index in [1.807, 2.05) is 0 Å². The monoisotopic (exact) mass is 291 g/mol. The maximum atomic E-state index is 9.31. The van der Waals surface area contributed by atoms with Crippen LogP contribution in [0.5, 0.6) is 0 Å². The standard InChI is InChI=1S/C17H29N3O/c1-2-4-16(14-18)20-10-8-19(9-11-20)15-5-12-21-17(13-15)6-3-7-17/h15-16H,2-13H2,1H3. The van der Waals surface area contributed by atoms with Crippen LogP contribution in [0.1, 0.15) is 51.9 Å². The molecule has 1 saturated carbocycles. The van der Waals surface area contributed by atoms with Gasteiger partial charge in [-0.1, -0.05) is 13.3 Å². The average Bonchev–Trinajstić information content (AvgIpc) is 2.51. The summed E-state index contributed by atoms with van der Waals surface area (Å²) in [5, 5.41) is 9.31. The molecule has 4 heteroatoms. The van der Waals surface area contributed by atoms with Crippen molar-refractivity contribution in [2.24, 2.45) is 0 Å². The Morgan fingerprint density at radius 3 is 2.62 bits per heavy atom. The van der Waals surface area contributed by atoms with Gasteiger partial charge in [0.05, 0.1) is 17.7 Å². The maximum Gasteiger partial charge on any atom is 0.0978 e. The number of nitrogens with zero attached hydrogens (tertiary/aromatic N) is 3. The Labute approximate surface area is 129 Å². The summed E-state index contributed by atoms with van der Waals surface area (Å²) in [6.45, 7) is 7.48. The number of hydrogen-bond donors (Lipinski definition) is 0. The lowest BCUT2D eigenvalue weighted by molar-refractivity contribution is -0.151. The van der Waals surface area contributed by atoms with Crippen LogP contribution >= 0.6 is 0 Å². The molecule has 1 aliphatic carbocycles. The van der Waals surface area contributed by atoms with Crippen LogP contribution in [0.25, 0.3) is 0 Å². The van der Waals surface area contributed by atoms with E-state index in [1.54, 1.807) is 0 Å². The second kappa shape index (κ2) is 6.64. The number of rotatable bonds is 4. The molecule has 118 valence electrons. The molecule has 0 radical (unpaired) electrons. The van der Waals surface area contributed by atoms with Crippen molar-refractivity contribution < 1.29 is 4.74 Å².